The maximum absolute atomic E-state index is 12.7. The average Bonchev–Trinajstić information content (AvgIpc) is 2.84. The van der Waals surface area contributed by atoms with E-state index in [2.05, 4.69) is 10.3 Å². The van der Waals surface area contributed by atoms with Gasteiger partial charge in [-0.05, 0) is 41.8 Å². The van der Waals surface area contributed by atoms with Gasteiger partial charge in [0.1, 0.15) is 11.4 Å². The summed E-state index contributed by atoms with van der Waals surface area (Å²) in [5.74, 6) is -0.424. The van der Waals surface area contributed by atoms with Gasteiger partial charge in [-0.2, -0.15) is 13.2 Å². The molecule has 0 aliphatic rings. The minimum Gasteiger partial charge on any atom is -0.496 e. The molecule has 2 aromatic carbocycles. The van der Waals surface area contributed by atoms with E-state index in [1.165, 1.54) is 35.7 Å². The summed E-state index contributed by atoms with van der Waals surface area (Å²) in [6, 6.07) is 11.5. The zero-order valence-electron chi connectivity index (χ0n) is 18.7. The number of methoxy groups -OCH3 is 1. The molecule has 0 radical (unpaired) electrons. The van der Waals surface area contributed by atoms with Gasteiger partial charge in [-0.1, -0.05) is 41.4 Å². The Morgan fingerprint density at radius 2 is 1.94 bits per heavy atom. The van der Waals surface area contributed by atoms with Gasteiger partial charge in [0.15, 0.2) is 0 Å². The van der Waals surface area contributed by atoms with Crippen molar-refractivity contribution in [2.45, 2.75) is 19.1 Å². The van der Waals surface area contributed by atoms with Crippen molar-refractivity contribution in [2.24, 2.45) is 0 Å². The quantitative estimate of drug-likeness (QED) is 0.335. The van der Waals surface area contributed by atoms with Crippen LogP contribution in [0.3, 0.4) is 0 Å². The molecule has 1 heterocycles. The first-order chi connectivity index (χ1) is 17.0. The number of halogens is 5. The van der Waals surface area contributed by atoms with Crippen molar-refractivity contribution in [3.8, 4) is 5.75 Å². The van der Waals surface area contributed by atoms with Gasteiger partial charge in [0.2, 0.25) is 0 Å². The predicted molar refractivity (Wildman–Crippen MR) is 132 cm³/mol. The van der Waals surface area contributed by atoms with Crippen LogP contribution in [0.5, 0.6) is 5.75 Å². The lowest BCUT2D eigenvalue weighted by Crippen LogP contribution is -2.28. The number of benzene rings is 2. The van der Waals surface area contributed by atoms with E-state index in [-0.39, 0.29) is 24.4 Å². The van der Waals surface area contributed by atoms with Crippen LogP contribution in [0, 0.1) is 0 Å². The lowest BCUT2D eigenvalue weighted by atomic mass is 10.1. The number of carbonyl (C=O) groups excluding carboxylic acids is 1. The standard InChI is InChI=1S/C23H20Cl2F3N3O4S/c1-35-19-11-16(31(36(33)34)10-9-15-3-2-4-18(24)21(15)25)6-7-17(19)22(32)30-13-14-5-8-20(29-12-14)23(26,27)28/h2-8,11-12H,9-10,13H2,1H3,(H,30,32)(H,33,34). The Labute approximate surface area is 217 Å². The Kier molecular flexibility index (Phi) is 9.18. The molecule has 36 heavy (non-hydrogen) atoms. The number of amides is 1. The highest BCUT2D eigenvalue weighted by atomic mass is 35.5. The fraction of sp³-hybridized carbons (Fsp3) is 0.217. The van der Waals surface area contributed by atoms with E-state index in [0.717, 1.165) is 12.3 Å². The molecule has 3 aromatic rings. The zero-order chi connectivity index (χ0) is 26.5. The van der Waals surface area contributed by atoms with E-state index in [1.54, 1.807) is 18.2 Å². The number of ether oxygens (including phenoxy) is 1. The van der Waals surface area contributed by atoms with E-state index < -0.39 is 29.0 Å². The fourth-order valence-electron chi connectivity index (χ4n) is 3.26. The van der Waals surface area contributed by atoms with Crippen LogP contribution in [0.4, 0.5) is 18.9 Å². The topological polar surface area (TPSA) is 91.8 Å². The van der Waals surface area contributed by atoms with Crippen molar-refractivity contribution in [3.05, 3.63) is 87.2 Å². The highest BCUT2D eigenvalue weighted by Crippen LogP contribution is 2.30. The number of alkyl halides is 3. The number of hydrogen-bond donors (Lipinski definition) is 2. The molecule has 1 amide bonds. The lowest BCUT2D eigenvalue weighted by Gasteiger charge is -2.21. The van der Waals surface area contributed by atoms with E-state index in [0.29, 0.717) is 33.3 Å². The van der Waals surface area contributed by atoms with E-state index in [9.17, 15) is 26.7 Å². The summed E-state index contributed by atoms with van der Waals surface area (Å²) in [7, 11) is 1.33. The molecular weight excluding hydrogens is 542 g/mol. The Morgan fingerprint density at radius 1 is 1.19 bits per heavy atom. The Hall–Kier alpha value is -2.86. The number of aromatic nitrogens is 1. The largest absolute Gasteiger partial charge is 0.496 e. The smallest absolute Gasteiger partial charge is 0.433 e. The molecule has 2 N–H and O–H groups in total. The number of hydrogen-bond acceptors (Lipinski definition) is 4. The van der Waals surface area contributed by atoms with Crippen LogP contribution >= 0.6 is 23.2 Å². The molecule has 0 aliphatic carbocycles. The molecule has 1 aromatic heterocycles. The normalized spacial score (nSPS) is 12.2. The molecule has 0 fully saturated rings. The summed E-state index contributed by atoms with van der Waals surface area (Å²) in [5.41, 5.74) is 0.476. The summed E-state index contributed by atoms with van der Waals surface area (Å²) < 4.78 is 66.3. The number of anilines is 1. The van der Waals surface area contributed by atoms with Gasteiger partial charge < -0.3 is 10.1 Å². The minimum absolute atomic E-state index is 0.0674. The van der Waals surface area contributed by atoms with E-state index in [4.69, 9.17) is 27.9 Å². The van der Waals surface area contributed by atoms with Crippen LogP contribution in [0.1, 0.15) is 27.2 Å². The highest BCUT2D eigenvalue weighted by molar-refractivity contribution is 7.80. The number of rotatable bonds is 9. The molecule has 13 heteroatoms. The monoisotopic (exact) mass is 561 g/mol. The van der Waals surface area contributed by atoms with Gasteiger partial charge in [0, 0.05) is 25.4 Å². The van der Waals surface area contributed by atoms with Crippen molar-refractivity contribution >= 4 is 46.1 Å². The molecule has 3 rings (SSSR count). The fourth-order valence-corrected chi connectivity index (χ4v) is 4.21. The van der Waals surface area contributed by atoms with Crippen LogP contribution in [-0.2, 0) is 30.4 Å². The second kappa shape index (κ2) is 11.9. The third-order valence-electron chi connectivity index (χ3n) is 5.09. The first-order valence-corrected chi connectivity index (χ1v) is 12.1. The van der Waals surface area contributed by atoms with E-state index in [1.807, 2.05) is 0 Å². The Morgan fingerprint density at radius 3 is 2.56 bits per heavy atom. The Balaban J connectivity index is 1.72. The van der Waals surface area contributed by atoms with Crippen LogP contribution in [0.15, 0.2) is 54.7 Å². The van der Waals surface area contributed by atoms with Crippen molar-refractivity contribution in [1.82, 2.24) is 10.3 Å². The van der Waals surface area contributed by atoms with Gasteiger partial charge in [-0.15, -0.1) is 0 Å². The molecule has 0 saturated heterocycles. The second-order valence-corrected chi connectivity index (χ2v) is 9.10. The molecule has 192 valence electrons. The third kappa shape index (κ3) is 6.88. The molecule has 0 aliphatic heterocycles. The van der Waals surface area contributed by atoms with Gasteiger partial charge in [-0.3, -0.25) is 18.6 Å². The van der Waals surface area contributed by atoms with Crippen LogP contribution < -0.4 is 14.4 Å². The molecular formula is C23H20Cl2F3N3O4S. The SMILES string of the molecule is COc1cc(N(CCc2cccc(Cl)c2Cl)S(=O)O)ccc1C(=O)NCc1ccc(C(F)(F)F)nc1. The summed E-state index contributed by atoms with van der Waals surface area (Å²) in [4.78, 5) is 16.0. The van der Waals surface area contributed by atoms with Gasteiger partial charge in [-0.25, -0.2) is 4.21 Å². The van der Waals surface area contributed by atoms with Gasteiger partial charge in [0.25, 0.3) is 17.2 Å². The summed E-state index contributed by atoms with van der Waals surface area (Å²) in [5, 5.41) is 3.31. The molecule has 0 saturated carbocycles. The number of nitrogens with zero attached hydrogens (tertiary/aromatic N) is 2. The first kappa shape index (κ1) is 27.7. The average molecular weight is 562 g/mol. The van der Waals surface area contributed by atoms with Crippen LogP contribution in [0.2, 0.25) is 10.0 Å². The van der Waals surface area contributed by atoms with Crippen molar-refractivity contribution in [3.63, 3.8) is 0 Å². The third-order valence-corrected chi connectivity index (χ3v) is 6.72. The predicted octanol–water partition coefficient (Wildman–Crippen LogP) is 5.53. The zero-order valence-corrected chi connectivity index (χ0v) is 21.0. The Bertz CT molecular complexity index is 1260. The van der Waals surface area contributed by atoms with Crippen LogP contribution in [0.25, 0.3) is 0 Å². The van der Waals surface area contributed by atoms with Crippen LogP contribution in [-0.4, -0.2) is 33.3 Å². The molecule has 7 nitrogen and oxygen atoms in total. The van der Waals surface area contributed by atoms with Gasteiger partial charge in [0.05, 0.1) is 28.4 Å². The summed E-state index contributed by atoms with van der Waals surface area (Å²) >= 11 is 9.84. The maximum Gasteiger partial charge on any atom is 0.433 e. The summed E-state index contributed by atoms with van der Waals surface area (Å²) in [6.45, 7) is 0.0425. The van der Waals surface area contributed by atoms with E-state index >= 15 is 0 Å². The second-order valence-electron chi connectivity index (χ2n) is 7.41. The number of pyridine rings is 1. The lowest BCUT2D eigenvalue weighted by molar-refractivity contribution is -0.141. The molecule has 0 spiro atoms. The molecule has 1 atom stereocenters. The summed E-state index contributed by atoms with van der Waals surface area (Å²) in [6.07, 6.45) is -3.20. The number of nitrogens with one attached hydrogen (secondary N) is 1. The first-order valence-electron chi connectivity index (χ1n) is 10.3. The van der Waals surface area contributed by atoms with Gasteiger partial charge >= 0.3 is 6.18 Å². The molecule has 0 bridgehead atoms. The maximum atomic E-state index is 12.7. The van der Waals surface area contributed by atoms with Crippen molar-refractivity contribution < 1.29 is 31.5 Å². The molecule has 1 unspecified atom stereocenters. The van der Waals surface area contributed by atoms with Crippen molar-refractivity contribution in [1.29, 1.82) is 0 Å². The highest BCUT2D eigenvalue weighted by Gasteiger charge is 2.32. The van der Waals surface area contributed by atoms with Crippen molar-refractivity contribution in [2.75, 3.05) is 18.0 Å². The minimum atomic E-state index is -4.55. The number of carbonyl (C=O) groups is 1.